The van der Waals surface area contributed by atoms with Crippen molar-refractivity contribution in [1.82, 2.24) is 0 Å². The molecule has 0 saturated heterocycles. The van der Waals surface area contributed by atoms with Crippen molar-refractivity contribution >= 4 is 11.9 Å². The molecular weight excluding hydrogens is 392 g/mol. The van der Waals surface area contributed by atoms with Crippen LogP contribution in [-0.2, 0) is 14.3 Å². The maximum absolute atomic E-state index is 12.1. The van der Waals surface area contributed by atoms with E-state index in [0.717, 1.165) is 44.9 Å². The molecule has 4 rings (SSSR count). The zero-order valence-electron chi connectivity index (χ0n) is 18.9. The molecule has 170 valence electrons. The van der Waals surface area contributed by atoms with Crippen LogP contribution in [0.25, 0.3) is 0 Å². The highest BCUT2D eigenvalue weighted by Gasteiger charge is 2.63. The quantitative estimate of drug-likeness (QED) is 0.383. The molecule has 0 radical (unpaired) electrons. The summed E-state index contributed by atoms with van der Waals surface area (Å²) in [5.74, 6) is 3.20. The van der Waals surface area contributed by atoms with Crippen LogP contribution in [0.4, 0.5) is 0 Å². The van der Waals surface area contributed by atoms with Gasteiger partial charge in [-0.25, -0.2) is 0 Å². The highest BCUT2D eigenvalue weighted by molar-refractivity contribution is 5.71. The predicted molar refractivity (Wildman–Crippen MR) is 117 cm³/mol. The van der Waals surface area contributed by atoms with Gasteiger partial charge in [0.15, 0.2) is 0 Å². The first kappa shape index (κ1) is 22.4. The molecule has 4 aliphatic carbocycles. The van der Waals surface area contributed by atoms with E-state index in [1.54, 1.807) is 0 Å². The highest BCUT2D eigenvalue weighted by Crippen LogP contribution is 2.67. The summed E-state index contributed by atoms with van der Waals surface area (Å²) in [6.07, 6.45) is 16.0. The number of hydrogen-bond acceptors (Lipinski definition) is 4. The van der Waals surface area contributed by atoms with Crippen molar-refractivity contribution < 1.29 is 24.5 Å². The molecule has 0 aromatic rings. The third-order valence-corrected chi connectivity index (χ3v) is 9.52. The molecule has 3 saturated carbocycles. The maximum Gasteiger partial charge on any atom is 0.306 e. The Kier molecular flexibility index (Phi) is 5.75. The summed E-state index contributed by atoms with van der Waals surface area (Å²) in [5.41, 5.74) is 0.401. The van der Waals surface area contributed by atoms with Crippen LogP contribution in [0.3, 0.4) is 0 Å². The molecule has 5 nitrogen and oxygen atoms in total. The van der Waals surface area contributed by atoms with Gasteiger partial charge in [-0.2, -0.15) is 0 Å². The Morgan fingerprint density at radius 1 is 1.16 bits per heavy atom. The van der Waals surface area contributed by atoms with Gasteiger partial charge >= 0.3 is 11.9 Å². The maximum atomic E-state index is 12.1. The Morgan fingerprint density at radius 3 is 2.61 bits per heavy atom. The van der Waals surface area contributed by atoms with Gasteiger partial charge in [0, 0.05) is 24.7 Å². The van der Waals surface area contributed by atoms with Gasteiger partial charge in [0.1, 0.15) is 11.7 Å². The van der Waals surface area contributed by atoms with E-state index >= 15 is 0 Å². The highest BCUT2D eigenvalue weighted by atomic mass is 16.5. The second-order valence-electron chi connectivity index (χ2n) is 10.9. The van der Waals surface area contributed by atoms with Crippen LogP contribution in [0.5, 0.6) is 0 Å². The van der Waals surface area contributed by atoms with Crippen molar-refractivity contribution in [3.63, 3.8) is 0 Å². The number of carbonyl (C=O) groups is 2. The van der Waals surface area contributed by atoms with Gasteiger partial charge < -0.3 is 14.9 Å². The Bertz CT molecular complexity index is 824. The number of carbonyl (C=O) groups excluding carboxylic acids is 1. The normalized spacial score (nSPS) is 43.6. The fraction of sp³-hybridized carbons (Fsp3) is 0.769. The summed E-state index contributed by atoms with van der Waals surface area (Å²) in [4.78, 5) is 22.8. The topological polar surface area (TPSA) is 83.8 Å². The number of fused-ring (bicyclic) bond motifs is 5. The van der Waals surface area contributed by atoms with Crippen molar-refractivity contribution in [1.29, 1.82) is 0 Å². The molecule has 7 atom stereocenters. The van der Waals surface area contributed by atoms with E-state index in [1.807, 2.05) is 0 Å². The molecule has 0 amide bonds. The lowest BCUT2D eigenvalue weighted by Crippen LogP contribution is -2.54. The zero-order chi connectivity index (χ0) is 22.4. The molecule has 31 heavy (non-hydrogen) atoms. The summed E-state index contributed by atoms with van der Waals surface area (Å²) in [6, 6.07) is 0. The summed E-state index contributed by atoms with van der Waals surface area (Å²) >= 11 is 0. The van der Waals surface area contributed by atoms with Gasteiger partial charge in [0.05, 0.1) is 0 Å². The van der Waals surface area contributed by atoms with E-state index in [-0.39, 0.29) is 35.7 Å². The number of aliphatic hydroxyl groups is 1. The number of aliphatic carboxylic acids is 1. The number of esters is 1. The summed E-state index contributed by atoms with van der Waals surface area (Å²) in [7, 11) is 0. The van der Waals surface area contributed by atoms with Crippen molar-refractivity contribution in [2.24, 2.45) is 28.6 Å². The Morgan fingerprint density at radius 2 is 1.90 bits per heavy atom. The molecule has 0 unspecified atom stereocenters. The summed E-state index contributed by atoms with van der Waals surface area (Å²) in [5, 5.41) is 19.9. The Labute approximate surface area is 185 Å². The first-order chi connectivity index (χ1) is 14.6. The second kappa shape index (κ2) is 7.96. The standard InChI is InChI=1S/C26H36O5/c1-4-26(30)15-12-21-19-9-8-17-16-18(31-23(29)7-5-6-22(27)28)10-13-24(17,2)20(19)11-14-25(21,26)3/h1,8,18-21,30H,5-7,9-16H2,2-3H3,(H,27,28)/t18-,19+,20-,21-,24+,25-,26+/m1/s1. The lowest BCUT2D eigenvalue weighted by Gasteiger charge is -2.58. The molecular formula is C26H36O5. The van der Waals surface area contributed by atoms with Crippen LogP contribution in [0.1, 0.15) is 84.5 Å². The molecule has 0 aliphatic heterocycles. The minimum atomic E-state index is -0.972. The van der Waals surface area contributed by atoms with Crippen LogP contribution in [0, 0.1) is 40.9 Å². The summed E-state index contributed by atoms with van der Waals surface area (Å²) in [6.45, 7) is 4.61. The average molecular weight is 429 g/mol. The minimum Gasteiger partial charge on any atom is -0.481 e. The zero-order valence-corrected chi connectivity index (χ0v) is 18.9. The van der Waals surface area contributed by atoms with Gasteiger partial charge in [0.2, 0.25) is 0 Å². The van der Waals surface area contributed by atoms with Crippen LogP contribution in [0.15, 0.2) is 11.6 Å². The number of carboxylic acid groups (broad SMARTS) is 1. The van der Waals surface area contributed by atoms with Gasteiger partial charge in [-0.05, 0) is 74.5 Å². The molecule has 0 heterocycles. The largest absolute Gasteiger partial charge is 0.481 e. The van der Waals surface area contributed by atoms with Crippen molar-refractivity contribution in [3.8, 4) is 12.3 Å². The molecule has 4 aliphatic rings. The van der Waals surface area contributed by atoms with E-state index in [1.165, 1.54) is 5.57 Å². The molecule has 2 N–H and O–H groups in total. The minimum absolute atomic E-state index is 0.000940. The third kappa shape index (κ3) is 3.61. The van der Waals surface area contributed by atoms with E-state index in [0.29, 0.717) is 30.6 Å². The Balaban J connectivity index is 1.44. The smallest absolute Gasteiger partial charge is 0.306 e. The predicted octanol–water partition coefficient (Wildman–Crippen LogP) is 4.48. The molecule has 3 fully saturated rings. The van der Waals surface area contributed by atoms with E-state index in [2.05, 4.69) is 25.8 Å². The molecule has 0 aromatic carbocycles. The molecule has 5 heteroatoms. The van der Waals surface area contributed by atoms with Gasteiger partial charge in [-0.3, -0.25) is 9.59 Å². The van der Waals surface area contributed by atoms with Gasteiger partial charge in [-0.15, -0.1) is 6.42 Å². The molecule has 0 aromatic heterocycles. The number of allylic oxidation sites excluding steroid dienone is 1. The van der Waals surface area contributed by atoms with Crippen molar-refractivity contribution in [3.05, 3.63) is 11.6 Å². The van der Waals surface area contributed by atoms with E-state index < -0.39 is 11.6 Å². The Hall–Kier alpha value is -1.80. The fourth-order valence-corrected chi connectivity index (χ4v) is 7.61. The number of terminal acetylenes is 1. The number of carboxylic acids is 1. The van der Waals surface area contributed by atoms with Gasteiger partial charge in [-0.1, -0.05) is 31.4 Å². The second-order valence-corrected chi connectivity index (χ2v) is 10.9. The molecule has 0 spiro atoms. The van der Waals surface area contributed by atoms with Crippen molar-refractivity contribution in [2.75, 3.05) is 0 Å². The number of ether oxygens (including phenoxy) is 1. The first-order valence-corrected chi connectivity index (χ1v) is 11.9. The third-order valence-electron chi connectivity index (χ3n) is 9.52. The lowest BCUT2D eigenvalue weighted by molar-refractivity contribution is -0.152. The van der Waals surface area contributed by atoms with Crippen LogP contribution >= 0.6 is 0 Å². The number of rotatable bonds is 5. The summed E-state index contributed by atoms with van der Waals surface area (Å²) < 4.78 is 5.70. The fourth-order valence-electron chi connectivity index (χ4n) is 7.61. The van der Waals surface area contributed by atoms with Crippen LogP contribution < -0.4 is 0 Å². The first-order valence-electron chi connectivity index (χ1n) is 11.9. The number of hydrogen-bond donors (Lipinski definition) is 2. The van der Waals surface area contributed by atoms with Crippen LogP contribution in [0.2, 0.25) is 0 Å². The van der Waals surface area contributed by atoms with E-state index in [4.69, 9.17) is 16.3 Å². The SMILES string of the molecule is C#C[C@]1(O)CC[C@@H]2[C@H]3CC=C4C[C@H](OC(=O)CCCC(=O)O)CC[C@]4(C)[C@@H]3CC[C@]21C. The lowest BCUT2D eigenvalue weighted by atomic mass is 9.47. The average Bonchev–Trinajstić information content (AvgIpc) is 2.99. The molecule has 0 bridgehead atoms. The van der Waals surface area contributed by atoms with Crippen LogP contribution in [-0.4, -0.2) is 33.9 Å². The monoisotopic (exact) mass is 428 g/mol. The van der Waals surface area contributed by atoms with E-state index in [9.17, 15) is 14.7 Å². The van der Waals surface area contributed by atoms with Gasteiger partial charge in [0.25, 0.3) is 0 Å². The van der Waals surface area contributed by atoms with Crippen molar-refractivity contribution in [2.45, 2.75) is 96.2 Å².